The molecule has 33 heavy (non-hydrogen) atoms. The second-order valence-electron chi connectivity index (χ2n) is 9.57. The molecule has 0 aromatic heterocycles. The van der Waals surface area contributed by atoms with E-state index in [0.717, 1.165) is 11.1 Å². The van der Waals surface area contributed by atoms with E-state index in [0.29, 0.717) is 24.3 Å². The van der Waals surface area contributed by atoms with Gasteiger partial charge in [-0.3, -0.25) is 10.1 Å². The third-order valence-electron chi connectivity index (χ3n) is 4.05. The quantitative estimate of drug-likeness (QED) is 0.569. The first-order chi connectivity index (χ1) is 15.3. The summed E-state index contributed by atoms with van der Waals surface area (Å²) in [6, 6.07) is 14.1. The molecule has 0 spiro atoms. The topological polar surface area (TPSA) is 106 Å². The van der Waals surface area contributed by atoms with Crippen LogP contribution in [0.4, 0.5) is 15.3 Å². The summed E-state index contributed by atoms with van der Waals surface area (Å²) in [5.74, 6) is -0.278. The van der Waals surface area contributed by atoms with Crippen molar-refractivity contribution in [3.8, 4) is 0 Å². The van der Waals surface area contributed by atoms with Gasteiger partial charge in [-0.25, -0.2) is 9.59 Å². The molecule has 0 aliphatic carbocycles. The molecule has 2 rings (SSSR count). The van der Waals surface area contributed by atoms with Crippen LogP contribution in [0.3, 0.4) is 0 Å². The van der Waals surface area contributed by atoms with Gasteiger partial charge in [-0.1, -0.05) is 30.3 Å². The summed E-state index contributed by atoms with van der Waals surface area (Å²) >= 11 is 0. The summed E-state index contributed by atoms with van der Waals surface area (Å²) in [5, 5.41) is 8.20. The maximum Gasteiger partial charge on any atom is 0.412 e. The minimum absolute atomic E-state index is 0.278. The molecule has 0 unspecified atom stereocenters. The molecular weight excluding hydrogens is 422 g/mol. The van der Waals surface area contributed by atoms with E-state index in [2.05, 4.69) is 16.0 Å². The number of amides is 3. The fraction of sp³-hybridized carbons (Fsp3) is 0.400. The van der Waals surface area contributed by atoms with Gasteiger partial charge < -0.3 is 20.1 Å². The van der Waals surface area contributed by atoms with Gasteiger partial charge in [-0.15, -0.1) is 0 Å². The van der Waals surface area contributed by atoms with Crippen LogP contribution in [0.1, 0.15) is 63.0 Å². The third kappa shape index (κ3) is 10.1. The molecule has 8 heteroatoms. The second-order valence-corrected chi connectivity index (χ2v) is 9.57. The molecule has 2 aromatic carbocycles. The highest BCUT2D eigenvalue weighted by atomic mass is 16.6. The highest BCUT2D eigenvalue weighted by Crippen LogP contribution is 2.14. The highest BCUT2D eigenvalue weighted by molar-refractivity contribution is 5.96. The zero-order chi connectivity index (χ0) is 24.6. The predicted molar refractivity (Wildman–Crippen MR) is 127 cm³/mol. The Morgan fingerprint density at radius 2 is 1.27 bits per heavy atom. The normalized spacial score (nSPS) is 11.3. The van der Waals surface area contributed by atoms with E-state index in [1.165, 1.54) is 0 Å². The molecule has 0 fully saturated rings. The van der Waals surface area contributed by atoms with E-state index in [-0.39, 0.29) is 5.91 Å². The molecular formula is C25H33N3O5. The molecule has 0 atom stereocenters. The number of nitrogens with one attached hydrogen (secondary N) is 3. The second kappa shape index (κ2) is 10.8. The van der Waals surface area contributed by atoms with Gasteiger partial charge >= 0.3 is 12.2 Å². The number of rotatable bonds is 6. The summed E-state index contributed by atoms with van der Waals surface area (Å²) in [6.45, 7) is 11.4. The number of hydrogen-bond acceptors (Lipinski definition) is 5. The first kappa shape index (κ1) is 25.7. The van der Waals surface area contributed by atoms with Gasteiger partial charge in [-0.2, -0.15) is 0 Å². The summed E-state index contributed by atoms with van der Waals surface area (Å²) < 4.78 is 10.5. The van der Waals surface area contributed by atoms with E-state index >= 15 is 0 Å². The maximum atomic E-state index is 12.6. The molecule has 3 amide bonds. The molecule has 3 N–H and O–H groups in total. The standard InChI is InChI=1S/C25H33N3O5/c1-24(2,3)32-22(30)27-16-18-10-7-9-17(13-18)15-26-21(29)19-11-8-12-20(14-19)28-23(31)33-25(4,5)6/h7-14H,15-16H2,1-6H3,(H,26,29)(H,27,30)(H,28,31). The van der Waals surface area contributed by atoms with Crippen LogP contribution in [-0.4, -0.2) is 29.3 Å². The fourth-order valence-electron chi connectivity index (χ4n) is 2.78. The van der Waals surface area contributed by atoms with Crippen LogP contribution in [0.2, 0.25) is 0 Å². The number of hydrogen-bond donors (Lipinski definition) is 3. The van der Waals surface area contributed by atoms with Crippen LogP contribution in [0.25, 0.3) is 0 Å². The van der Waals surface area contributed by atoms with Crippen molar-refractivity contribution in [1.29, 1.82) is 0 Å². The van der Waals surface area contributed by atoms with Crippen molar-refractivity contribution in [2.45, 2.75) is 65.8 Å². The van der Waals surface area contributed by atoms with Crippen LogP contribution >= 0.6 is 0 Å². The number of ether oxygens (including phenoxy) is 2. The summed E-state index contributed by atoms with van der Waals surface area (Å²) in [6.07, 6.45) is -1.07. The monoisotopic (exact) mass is 455 g/mol. The summed E-state index contributed by atoms with van der Waals surface area (Å²) in [4.78, 5) is 36.4. The Morgan fingerprint density at radius 3 is 1.88 bits per heavy atom. The summed E-state index contributed by atoms with van der Waals surface area (Å²) in [7, 11) is 0. The average molecular weight is 456 g/mol. The molecule has 0 aliphatic heterocycles. The lowest BCUT2D eigenvalue weighted by molar-refractivity contribution is 0.0522. The predicted octanol–water partition coefficient (Wildman–Crippen LogP) is 4.99. The smallest absolute Gasteiger partial charge is 0.412 e. The Morgan fingerprint density at radius 1 is 0.727 bits per heavy atom. The molecule has 0 aliphatic rings. The maximum absolute atomic E-state index is 12.6. The van der Waals surface area contributed by atoms with Gasteiger partial charge in [0.2, 0.25) is 0 Å². The first-order valence-corrected chi connectivity index (χ1v) is 10.7. The number of alkyl carbamates (subject to hydrolysis) is 1. The SMILES string of the molecule is CC(C)(C)OC(=O)NCc1cccc(CNC(=O)c2cccc(NC(=O)OC(C)(C)C)c2)c1. The zero-order valence-corrected chi connectivity index (χ0v) is 20.1. The fourth-order valence-corrected chi connectivity index (χ4v) is 2.78. The van der Waals surface area contributed by atoms with Crippen LogP contribution < -0.4 is 16.0 Å². The van der Waals surface area contributed by atoms with Gasteiger partial charge in [0.1, 0.15) is 11.2 Å². The van der Waals surface area contributed by atoms with Gasteiger partial charge in [0.15, 0.2) is 0 Å². The Labute approximate surface area is 195 Å². The van der Waals surface area contributed by atoms with Crippen molar-refractivity contribution in [2.75, 3.05) is 5.32 Å². The van der Waals surface area contributed by atoms with E-state index in [1.54, 1.807) is 65.8 Å². The Balaban J connectivity index is 1.91. The minimum atomic E-state index is -0.615. The average Bonchev–Trinajstić information content (AvgIpc) is 2.68. The molecule has 0 bridgehead atoms. The van der Waals surface area contributed by atoms with Crippen LogP contribution in [0.5, 0.6) is 0 Å². The van der Waals surface area contributed by atoms with Crippen molar-refractivity contribution in [3.63, 3.8) is 0 Å². The Kier molecular flexibility index (Phi) is 8.45. The van der Waals surface area contributed by atoms with E-state index in [9.17, 15) is 14.4 Å². The Bertz CT molecular complexity index is 990. The molecule has 0 saturated heterocycles. The first-order valence-electron chi connectivity index (χ1n) is 10.7. The summed E-state index contributed by atoms with van der Waals surface area (Å²) in [5.41, 5.74) is 1.47. The third-order valence-corrected chi connectivity index (χ3v) is 4.05. The van der Waals surface area contributed by atoms with Gasteiger partial charge in [-0.05, 0) is 70.9 Å². The molecule has 0 radical (unpaired) electrons. The van der Waals surface area contributed by atoms with Crippen molar-refractivity contribution < 1.29 is 23.9 Å². The van der Waals surface area contributed by atoms with Gasteiger partial charge in [0, 0.05) is 24.3 Å². The lowest BCUT2D eigenvalue weighted by atomic mass is 10.1. The largest absolute Gasteiger partial charge is 0.444 e. The molecule has 0 saturated carbocycles. The van der Waals surface area contributed by atoms with Crippen molar-refractivity contribution in [1.82, 2.24) is 10.6 Å². The molecule has 0 heterocycles. The van der Waals surface area contributed by atoms with Gasteiger partial charge in [0.25, 0.3) is 5.91 Å². The lowest BCUT2D eigenvalue weighted by Crippen LogP contribution is -2.32. The van der Waals surface area contributed by atoms with Crippen molar-refractivity contribution >= 4 is 23.8 Å². The number of carbonyl (C=O) groups is 3. The number of anilines is 1. The van der Waals surface area contributed by atoms with Crippen molar-refractivity contribution in [2.24, 2.45) is 0 Å². The number of carbonyl (C=O) groups excluding carboxylic acids is 3. The van der Waals surface area contributed by atoms with Crippen molar-refractivity contribution in [3.05, 3.63) is 65.2 Å². The van der Waals surface area contributed by atoms with Crippen LogP contribution in [0, 0.1) is 0 Å². The molecule has 2 aromatic rings. The highest BCUT2D eigenvalue weighted by Gasteiger charge is 2.17. The molecule has 8 nitrogen and oxygen atoms in total. The minimum Gasteiger partial charge on any atom is -0.444 e. The van der Waals surface area contributed by atoms with E-state index < -0.39 is 23.4 Å². The Hall–Kier alpha value is -3.55. The molecule has 178 valence electrons. The number of benzene rings is 2. The lowest BCUT2D eigenvalue weighted by Gasteiger charge is -2.20. The van der Waals surface area contributed by atoms with E-state index in [1.807, 2.05) is 24.3 Å². The zero-order valence-electron chi connectivity index (χ0n) is 20.1. The van der Waals surface area contributed by atoms with Crippen LogP contribution in [0.15, 0.2) is 48.5 Å². The van der Waals surface area contributed by atoms with E-state index in [4.69, 9.17) is 9.47 Å². The van der Waals surface area contributed by atoms with Crippen LogP contribution in [-0.2, 0) is 22.6 Å². The van der Waals surface area contributed by atoms with Gasteiger partial charge in [0.05, 0.1) is 0 Å².